The summed E-state index contributed by atoms with van der Waals surface area (Å²) in [6.07, 6.45) is 3.27. The number of unbranched alkanes of at least 4 members (excludes halogenated alkanes) is 9. The van der Waals surface area contributed by atoms with Crippen molar-refractivity contribution < 1.29 is 35.9 Å². The molecule has 0 spiro atoms. The summed E-state index contributed by atoms with van der Waals surface area (Å²) < 4.78 is 80.1. The van der Waals surface area contributed by atoms with E-state index in [1.165, 1.54) is 12.1 Å². The predicted molar refractivity (Wildman–Crippen MR) is 205 cm³/mol. The second-order valence-electron chi connectivity index (χ2n) is 14.4. The standard InChI is InChI=1S/C42H64F6N4O2/c1-5-51(33-35-23-15-17-25-37(35)41(43,44)45)31-21-11-13-27-39(53)49(3)29-19-9-7-8-10-20-30-50(4)40(54)28-14-12-22-32-52(6-2)34-36-24-16-18-26-38(36)42(46,47)48/h15-18,23-26H,5-14,19-22,27-34H2,1-4H3. The van der Waals surface area contributed by atoms with Crippen LogP contribution in [0.25, 0.3) is 0 Å². The molecule has 12 heteroatoms. The highest BCUT2D eigenvalue weighted by Gasteiger charge is 2.34. The minimum atomic E-state index is -4.36. The molecule has 0 unspecified atom stereocenters. The third-order valence-electron chi connectivity index (χ3n) is 10.1. The van der Waals surface area contributed by atoms with E-state index in [0.29, 0.717) is 50.1 Å². The van der Waals surface area contributed by atoms with E-state index in [1.807, 2.05) is 37.7 Å². The van der Waals surface area contributed by atoms with E-state index in [9.17, 15) is 35.9 Å². The number of halogens is 6. The van der Waals surface area contributed by atoms with Crippen LogP contribution < -0.4 is 0 Å². The van der Waals surface area contributed by atoms with Crippen molar-refractivity contribution in [3.8, 4) is 0 Å². The Labute approximate surface area is 320 Å². The van der Waals surface area contributed by atoms with Crippen LogP contribution in [-0.4, -0.2) is 84.8 Å². The summed E-state index contributed by atoms with van der Waals surface area (Å²) in [6, 6.07) is 11.5. The van der Waals surface area contributed by atoms with E-state index in [2.05, 4.69) is 0 Å². The average Bonchev–Trinajstić information content (AvgIpc) is 3.13. The van der Waals surface area contributed by atoms with E-state index >= 15 is 0 Å². The first-order valence-electron chi connectivity index (χ1n) is 19.9. The van der Waals surface area contributed by atoms with E-state index in [1.54, 1.807) is 34.1 Å². The van der Waals surface area contributed by atoms with Crippen molar-refractivity contribution >= 4 is 11.8 Å². The van der Waals surface area contributed by atoms with Gasteiger partial charge in [0.1, 0.15) is 0 Å². The molecule has 0 aliphatic rings. The SMILES string of the molecule is CCN(CCCCCC(=O)N(C)CCCCCCCCN(C)C(=O)CCCCCN(CC)Cc1ccccc1C(F)(F)F)Cc1ccccc1C(F)(F)F. The van der Waals surface area contributed by atoms with E-state index < -0.39 is 23.5 Å². The van der Waals surface area contributed by atoms with Gasteiger partial charge in [-0.1, -0.05) is 88.8 Å². The Kier molecular flexibility index (Phi) is 21.9. The Hall–Kier alpha value is -3.12. The first-order chi connectivity index (χ1) is 25.7. The van der Waals surface area contributed by atoms with E-state index in [4.69, 9.17) is 0 Å². The summed E-state index contributed by atoms with van der Waals surface area (Å²) in [5.74, 6) is 0.256. The summed E-state index contributed by atoms with van der Waals surface area (Å²) in [6.45, 7) is 8.56. The first kappa shape index (κ1) is 47.0. The third-order valence-corrected chi connectivity index (χ3v) is 10.1. The number of alkyl halides is 6. The molecule has 306 valence electrons. The lowest BCUT2D eigenvalue weighted by atomic mass is 10.1. The normalized spacial score (nSPS) is 12.1. The molecule has 0 N–H and O–H groups in total. The van der Waals surface area contributed by atoms with Gasteiger partial charge in [-0.05, 0) is 88.0 Å². The lowest BCUT2D eigenvalue weighted by molar-refractivity contribution is -0.139. The van der Waals surface area contributed by atoms with Gasteiger partial charge in [-0.25, -0.2) is 0 Å². The number of rotatable bonds is 27. The molecule has 0 saturated heterocycles. The van der Waals surface area contributed by atoms with Gasteiger partial charge in [0.05, 0.1) is 11.1 Å². The summed E-state index contributed by atoms with van der Waals surface area (Å²) in [5, 5.41) is 0. The number of nitrogens with zero attached hydrogens (tertiary/aromatic N) is 4. The van der Waals surface area contributed by atoms with Crippen LogP contribution in [0.2, 0.25) is 0 Å². The summed E-state index contributed by atoms with van der Waals surface area (Å²) in [5.41, 5.74) is -0.576. The second kappa shape index (κ2) is 25.1. The van der Waals surface area contributed by atoms with Crippen molar-refractivity contribution in [2.75, 3.05) is 53.4 Å². The maximum atomic E-state index is 13.3. The molecule has 0 saturated carbocycles. The Morgan fingerprint density at radius 1 is 0.481 bits per heavy atom. The molecule has 0 aliphatic carbocycles. The largest absolute Gasteiger partial charge is 0.416 e. The number of hydrogen-bond donors (Lipinski definition) is 0. The van der Waals surface area contributed by atoms with Crippen molar-refractivity contribution in [3.63, 3.8) is 0 Å². The first-order valence-corrected chi connectivity index (χ1v) is 19.9. The molecule has 2 aromatic rings. The molecule has 0 bridgehead atoms. The lowest BCUT2D eigenvalue weighted by Crippen LogP contribution is -2.28. The highest BCUT2D eigenvalue weighted by atomic mass is 19.4. The molecule has 0 radical (unpaired) electrons. The fraction of sp³-hybridized carbons (Fsp3) is 0.667. The quantitative estimate of drug-likeness (QED) is 0.0671. The van der Waals surface area contributed by atoms with Gasteiger partial charge in [0.25, 0.3) is 0 Å². The van der Waals surface area contributed by atoms with Crippen molar-refractivity contribution in [1.29, 1.82) is 0 Å². The molecule has 0 fully saturated rings. The van der Waals surface area contributed by atoms with Gasteiger partial charge in [0, 0.05) is 53.1 Å². The summed E-state index contributed by atoms with van der Waals surface area (Å²) in [4.78, 5) is 32.8. The molecule has 2 aromatic carbocycles. The number of benzene rings is 2. The Bertz CT molecular complexity index is 1250. The van der Waals surface area contributed by atoms with Gasteiger partial charge in [0.2, 0.25) is 11.8 Å². The van der Waals surface area contributed by atoms with E-state index in [0.717, 1.165) is 102 Å². The van der Waals surface area contributed by atoms with Crippen LogP contribution in [0.3, 0.4) is 0 Å². The zero-order valence-corrected chi connectivity index (χ0v) is 33.0. The van der Waals surface area contributed by atoms with Gasteiger partial charge in [0.15, 0.2) is 0 Å². The minimum Gasteiger partial charge on any atom is -0.346 e. The maximum Gasteiger partial charge on any atom is 0.416 e. The molecular weight excluding hydrogens is 706 g/mol. The molecule has 6 nitrogen and oxygen atoms in total. The number of carbonyl (C=O) groups is 2. The highest BCUT2D eigenvalue weighted by Crippen LogP contribution is 2.33. The van der Waals surface area contributed by atoms with Crippen LogP contribution in [0.1, 0.15) is 126 Å². The summed E-state index contributed by atoms with van der Waals surface area (Å²) in [7, 11) is 3.68. The van der Waals surface area contributed by atoms with E-state index in [-0.39, 0.29) is 24.9 Å². The van der Waals surface area contributed by atoms with Crippen LogP contribution in [0.15, 0.2) is 48.5 Å². The molecule has 0 aliphatic heterocycles. The molecule has 0 heterocycles. The molecule has 2 amide bonds. The van der Waals surface area contributed by atoms with Gasteiger partial charge in [-0.15, -0.1) is 0 Å². The van der Waals surface area contributed by atoms with Crippen molar-refractivity contribution in [1.82, 2.24) is 19.6 Å². The van der Waals surface area contributed by atoms with Crippen LogP contribution in [0.4, 0.5) is 26.3 Å². The third kappa shape index (κ3) is 18.5. The van der Waals surface area contributed by atoms with Crippen molar-refractivity contribution in [2.45, 2.75) is 129 Å². The van der Waals surface area contributed by atoms with Crippen LogP contribution in [0, 0.1) is 0 Å². The minimum absolute atomic E-state index is 0.128. The monoisotopic (exact) mass is 770 g/mol. The van der Waals surface area contributed by atoms with Crippen molar-refractivity contribution in [3.05, 3.63) is 70.8 Å². The van der Waals surface area contributed by atoms with Crippen molar-refractivity contribution in [2.24, 2.45) is 0 Å². The fourth-order valence-electron chi connectivity index (χ4n) is 6.66. The highest BCUT2D eigenvalue weighted by molar-refractivity contribution is 5.76. The smallest absolute Gasteiger partial charge is 0.346 e. The molecule has 2 rings (SSSR count). The second-order valence-corrected chi connectivity index (χ2v) is 14.4. The molecular formula is C42H64F6N4O2. The zero-order chi connectivity index (χ0) is 40.0. The Balaban J connectivity index is 1.47. The average molecular weight is 771 g/mol. The maximum absolute atomic E-state index is 13.3. The predicted octanol–water partition coefficient (Wildman–Crippen LogP) is 10.4. The topological polar surface area (TPSA) is 47.1 Å². The number of carbonyl (C=O) groups excluding carboxylic acids is 2. The summed E-state index contributed by atoms with van der Waals surface area (Å²) >= 11 is 0. The Morgan fingerprint density at radius 2 is 0.796 bits per heavy atom. The van der Waals surface area contributed by atoms with Crippen LogP contribution >= 0.6 is 0 Å². The molecule has 54 heavy (non-hydrogen) atoms. The van der Waals surface area contributed by atoms with Crippen LogP contribution in [0.5, 0.6) is 0 Å². The Morgan fingerprint density at radius 3 is 1.15 bits per heavy atom. The van der Waals surface area contributed by atoms with Gasteiger partial charge in [-0.2, -0.15) is 26.3 Å². The zero-order valence-electron chi connectivity index (χ0n) is 33.0. The molecule has 0 atom stereocenters. The van der Waals surface area contributed by atoms with Gasteiger partial charge in [-0.3, -0.25) is 19.4 Å². The van der Waals surface area contributed by atoms with Gasteiger partial charge < -0.3 is 9.80 Å². The lowest BCUT2D eigenvalue weighted by Gasteiger charge is -2.23. The molecule has 0 aromatic heterocycles. The van der Waals surface area contributed by atoms with Crippen LogP contribution in [-0.2, 0) is 35.0 Å². The number of amides is 2. The number of hydrogen-bond acceptors (Lipinski definition) is 4. The fourth-order valence-corrected chi connectivity index (χ4v) is 6.66. The van der Waals surface area contributed by atoms with Gasteiger partial charge >= 0.3 is 12.4 Å².